The van der Waals surface area contributed by atoms with Crippen LogP contribution in [0.25, 0.3) is 11.0 Å². The fraction of sp³-hybridized carbons (Fsp3) is 0.500. The predicted molar refractivity (Wildman–Crippen MR) is 98.6 cm³/mol. The van der Waals surface area contributed by atoms with Crippen LogP contribution >= 0.6 is 12.4 Å². The molecule has 1 fully saturated rings. The number of hydrogen-bond acceptors (Lipinski definition) is 4. The second kappa shape index (κ2) is 9.55. The standard InChI is InChI=1S/C18H24N4O.ClH/c23-18(15-8-5-9-16-17(15)21-12-11-20-16)22-13-10-19-14-6-3-1-2-4-7-14;/h5,8-9,11-12,14,19H,1-4,6-7,10,13H2,(H,22,23);1H. The van der Waals surface area contributed by atoms with E-state index in [4.69, 9.17) is 0 Å². The second-order valence-corrected chi connectivity index (χ2v) is 6.13. The van der Waals surface area contributed by atoms with Crippen LogP contribution in [0.3, 0.4) is 0 Å². The summed E-state index contributed by atoms with van der Waals surface area (Å²) in [6.07, 6.45) is 11.1. The van der Waals surface area contributed by atoms with E-state index in [0.29, 0.717) is 23.7 Å². The number of aromatic nitrogens is 2. The SMILES string of the molecule is Cl.O=C(NCCNC1CCCCCC1)c1cccc2nccnc12. The first-order valence-electron chi connectivity index (χ1n) is 8.56. The van der Waals surface area contributed by atoms with E-state index < -0.39 is 0 Å². The Morgan fingerprint density at radius 3 is 2.58 bits per heavy atom. The number of hydrogen-bond donors (Lipinski definition) is 2. The summed E-state index contributed by atoms with van der Waals surface area (Å²) < 4.78 is 0. The number of para-hydroxylation sites is 1. The summed E-state index contributed by atoms with van der Waals surface area (Å²) in [4.78, 5) is 20.9. The van der Waals surface area contributed by atoms with Crippen molar-refractivity contribution < 1.29 is 4.79 Å². The van der Waals surface area contributed by atoms with Gasteiger partial charge in [-0.25, -0.2) is 0 Å². The van der Waals surface area contributed by atoms with Crippen molar-refractivity contribution in [2.24, 2.45) is 0 Å². The van der Waals surface area contributed by atoms with Gasteiger partial charge >= 0.3 is 0 Å². The van der Waals surface area contributed by atoms with Gasteiger partial charge in [0.15, 0.2) is 0 Å². The molecular weight excluding hydrogens is 324 g/mol. The molecule has 0 aliphatic heterocycles. The minimum Gasteiger partial charge on any atom is -0.351 e. The number of benzene rings is 1. The summed E-state index contributed by atoms with van der Waals surface area (Å²) in [6, 6.07) is 6.12. The van der Waals surface area contributed by atoms with Crippen molar-refractivity contribution in [3.8, 4) is 0 Å². The van der Waals surface area contributed by atoms with Gasteiger partial charge in [-0.1, -0.05) is 31.7 Å². The van der Waals surface area contributed by atoms with Crippen LogP contribution in [0, 0.1) is 0 Å². The van der Waals surface area contributed by atoms with Crippen molar-refractivity contribution in [2.75, 3.05) is 13.1 Å². The molecule has 130 valence electrons. The topological polar surface area (TPSA) is 66.9 Å². The normalized spacial score (nSPS) is 15.5. The Morgan fingerprint density at radius 1 is 1.04 bits per heavy atom. The van der Waals surface area contributed by atoms with Gasteiger partial charge in [-0.05, 0) is 25.0 Å². The average molecular weight is 349 g/mol. The molecule has 1 heterocycles. The minimum atomic E-state index is -0.0845. The lowest BCUT2D eigenvalue weighted by Gasteiger charge is -2.16. The molecule has 1 aromatic carbocycles. The molecule has 1 aliphatic carbocycles. The Hall–Kier alpha value is -1.72. The molecule has 0 saturated heterocycles. The number of amides is 1. The first-order chi connectivity index (χ1) is 11.3. The van der Waals surface area contributed by atoms with Crippen molar-refractivity contribution in [3.63, 3.8) is 0 Å². The van der Waals surface area contributed by atoms with Crippen molar-refractivity contribution >= 4 is 29.3 Å². The highest BCUT2D eigenvalue weighted by Crippen LogP contribution is 2.17. The third-order valence-electron chi connectivity index (χ3n) is 4.44. The Kier molecular flexibility index (Phi) is 7.40. The minimum absolute atomic E-state index is 0. The van der Waals surface area contributed by atoms with Gasteiger partial charge in [0.05, 0.1) is 11.1 Å². The van der Waals surface area contributed by atoms with Crippen LogP contribution in [-0.4, -0.2) is 35.0 Å². The average Bonchev–Trinajstić information content (AvgIpc) is 2.87. The van der Waals surface area contributed by atoms with Gasteiger partial charge in [0.25, 0.3) is 5.91 Å². The van der Waals surface area contributed by atoms with Crippen LogP contribution in [0.2, 0.25) is 0 Å². The summed E-state index contributed by atoms with van der Waals surface area (Å²) >= 11 is 0. The number of carbonyl (C=O) groups is 1. The van der Waals surface area contributed by atoms with E-state index in [1.165, 1.54) is 38.5 Å². The van der Waals surface area contributed by atoms with Crippen molar-refractivity contribution in [1.82, 2.24) is 20.6 Å². The Labute approximate surface area is 149 Å². The predicted octanol–water partition coefficient (Wildman–Crippen LogP) is 3.09. The molecule has 1 aromatic heterocycles. The number of rotatable bonds is 5. The van der Waals surface area contributed by atoms with Crippen LogP contribution in [0.4, 0.5) is 0 Å². The largest absolute Gasteiger partial charge is 0.351 e. The van der Waals surface area contributed by atoms with Gasteiger partial charge in [0.2, 0.25) is 0 Å². The maximum absolute atomic E-state index is 12.4. The number of nitrogens with zero attached hydrogens (tertiary/aromatic N) is 2. The zero-order chi connectivity index (χ0) is 15.9. The molecule has 1 amide bonds. The van der Waals surface area contributed by atoms with Crippen molar-refractivity contribution in [3.05, 3.63) is 36.2 Å². The molecule has 1 aliphatic rings. The molecule has 3 rings (SSSR count). The van der Waals surface area contributed by atoms with Crippen LogP contribution in [0.1, 0.15) is 48.9 Å². The van der Waals surface area contributed by atoms with Crippen LogP contribution in [-0.2, 0) is 0 Å². The molecule has 0 radical (unpaired) electrons. The maximum atomic E-state index is 12.4. The molecule has 5 nitrogen and oxygen atoms in total. The highest BCUT2D eigenvalue weighted by molar-refractivity contribution is 6.04. The molecular formula is C18H25ClN4O. The monoisotopic (exact) mass is 348 g/mol. The fourth-order valence-electron chi connectivity index (χ4n) is 3.21. The third kappa shape index (κ3) is 4.89. The Bertz CT molecular complexity index is 651. The number of fused-ring (bicyclic) bond motifs is 1. The van der Waals surface area contributed by atoms with Crippen molar-refractivity contribution in [2.45, 2.75) is 44.6 Å². The maximum Gasteiger partial charge on any atom is 0.253 e. The summed E-state index contributed by atoms with van der Waals surface area (Å²) in [5, 5.41) is 6.54. The molecule has 0 atom stereocenters. The van der Waals surface area contributed by atoms with Gasteiger partial charge < -0.3 is 10.6 Å². The molecule has 0 spiro atoms. The molecule has 6 heteroatoms. The van der Waals surface area contributed by atoms with Gasteiger partial charge in [0.1, 0.15) is 5.52 Å². The Balaban J connectivity index is 0.00000208. The second-order valence-electron chi connectivity index (χ2n) is 6.13. The number of nitrogens with one attached hydrogen (secondary N) is 2. The lowest BCUT2D eigenvalue weighted by molar-refractivity contribution is 0.0955. The third-order valence-corrected chi connectivity index (χ3v) is 4.44. The summed E-state index contributed by atoms with van der Waals surface area (Å²) in [5.41, 5.74) is 1.99. The zero-order valence-electron chi connectivity index (χ0n) is 13.8. The fourth-order valence-corrected chi connectivity index (χ4v) is 3.21. The first kappa shape index (κ1) is 18.6. The molecule has 2 aromatic rings. The zero-order valence-corrected chi connectivity index (χ0v) is 14.6. The van der Waals surface area contributed by atoms with Crippen LogP contribution in [0.5, 0.6) is 0 Å². The summed E-state index contributed by atoms with van der Waals surface area (Å²) in [7, 11) is 0. The van der Waals surface area contributed by atoms with E-state index in [9.17, 15) is 4.79 Å². The highest BCUT2D eigenvalue weighted by Gasteiger charge is 2.13. The Morgan fingerprint density at radius 2 is 1.79 bits per heavy atom. The number of halogens is 1. The van der Waals surface area contributed by atoms with Gasteiger partial charge in [-0.3, -0.25) is 14.8 Å². The van der Waals surface area contributed by atoms with E-state index >= 15 is 0 Å². The van der Waals surface area contributed by atoms with Gasteiger partial charge in [-0.15, -0.1) is 12.4 Å². The summed E-state index contributed by atoms with van der Waals surface area (Å²) in [6.45, 7) is 1.44. The molecule has 0 unspecified atom stereocenters. The highest BCUT2D eigenvalue weighted by atomic mass is 35.5. The quantitative estimate of drug-likeness (QED) is 0.643. The molecule has 1 saturated carbocycles. The van der Waals surface area contributed by atoms with Crippen molar-refractivity contribution in [1.29, 1.82) is 0 Å². The number of carbonyl (C=O) groups excluding carboxylic acids is 1. The lowest BCUT2D eigenvalue weighted by atomic mass is 10.1. The molecule has 0 bridgehead atoms. The van der Waals surface area contributed by atoms with E-state index in [2.05, 4.69) is 20.6 Å². The van der Waals surface area contributed by atoms with Gasteiger partial charge in [0, 0.05) is 31.5 Å². The van der Waals surface area contributed by atoms with E-state index in [1.54, 1.807) is 18.5 Å². The molecule has 24 heavy (non-hydrogen) atoms. The van der Waals surface area contributed by atoms with Crippen LogP contribution < -0.4 is 10.6 Å². The van der Waals surface area contributed by atoms with E-state index in [0.717, 1.165) is 12.1 Å². The summed E-state index contributed by atoms with van der Waals surface area (Å²) in [5.74, 6) is -0.0845. The van der Waals surface area contributed by atoms with E-state index in [1.807, 2.05) is 12.1 Å². The van der Waals surface area contributed by atoms with E-state index in [-0.39, 0.29) is 18.3 Å². The van der Waals surface area contributed by atoms with Gasteiger partial charge in [-0.2, -0.15) is 0 Å². The first-order valence-corrected chi connectivity index (χ1v) is 8.56. The van der Waals surface area contributed by atoms with Crippen LogP contribution in [0.15, 0.2) is 30.6 Å². The molecule has 2 N–H and O–H groups in total. The lowest BCUT2D eigenvalue weighted by Crippen LogP contribution is -2.37. The smallest absolute Gasteiger partial charge is 0.253 e.